The maximum Gasteiger partial charge on any atom is 0.191 e. The first-order valence-electron chi connectivity index (χ1n) is 7.29. The van der Waals surface area contributed by atoms with Crippen molar-refractivity contribution < 1.29 is 9.47 Å². The Hall–Kier alpha value is -2.86. The van der Waals surface area contributed by atoms with Crippen molar-refractivity contribution in [3.8, 4) is 11.5 Å². The lowest BCUT2D eigenvalue weighted by atomic mass is 10.2. The molecule has 0 aliphatic rings. The predicted octanol–water partition coefficient (Wildman–Crippen LogP) is 3.58. The SMILES string of the molecule is C=CCOc1cccc(/C=N\NC(=S)Nc2ccc(OC)cc2)c1. The number of nitrogens with zero attached hydrogens (tertiary/aromatic N) is 1. The quantitative estimate of drug-likeness (QED) is 0.349. The zero-order valence-corrected chi connectivity index (χ0v) is 14.2. The second kappa shape index (κ2) is 9.32. The molecule has 0 saturated heterocycles. The van der Waals surface area contributed by atoms with E-state index in [0.717, 1.165) is 22.7 Å². The van der Waals surface area contributed by atoms with Gasteiger partial charge in [-0.25, -0.2) is 0 Å². The molecule has 0 fully saturated rings. The molecule has 0 heterocycles. The molecule has 2 aromatic carbocycles. The van der Waals surface area contributed by atoms with Crippen molar-refractivity contribution in [1.29, 1.82) is 0 Å². The zero-order chi connectivity index (χ0) is 17.2. The first-order valence-corrected chi connectivity index (χ1v) is 7.70. The number of anilines is 1. The van der Waals surface area contributed by atoms with E-state index in [1.807, 2.05) is 48.5 Å². The Kier molecular flexibility index (Phi) is 6.79. The Bertz CT molecular complexity index is 714. The molecule has 0 aromatic heterocycles. The van der Waals surface area contributed by atoms with Crippen LogP contribution in [0.2, 0.25) is 0 Å². The Morgan fingerprint density at radius 3 is 2.71 bits per heavy atom. The van der Waals surface area contributed by atoms with Crippen LogP contribution >= 0.6 is 12.2 Å². The summed E-state index contributed by atoms with van der Waals surface area (Å²) < 4.78 is 10.6. The molecule has 0 saturated carbocycles. The molecule has 2 rings (SSSR count). The van der Waals surface area contributed by atoms with Crippen LogP contribution in [0, 0.1) is 0 Å². The molecule has 124 valence electrons. The Labute approximate surface area is 147 Å². The fourth-order valence-electron chi connectivity index (χ4n) is 1.84. The van der Waals surface area contributed by atoms with E-state index >= 15 is 0 Å². The number of rotatable bonds is 7. The molecule has 5 nitrogen and oxygen atoms in total. The van der Waals surface area contributed by atoms with Crippen molar-refractivity contribution in [2.45, 2.75) is 0 Å². The van der Waals surface area contributed by atoms with Crippen molar-refractivity contribution in [1.82, 2.24) is 5.43 Å². The van der Waals surface area contributed by atoms with Crippen LogP contribution in [-0.4, -0.2) is 25.0 Å². The van der Waals surface area contributed by atoms with Gasteiger partial charge in [-0.05, 0) is 54.2 Å². The van der Waals surface area contributed by atoms with E-state index in [1.54, 1.807) is 19.4 Å². The van der Waals surface area contributed by atoms with Gasteiger partial charge < -0.3 is 14.8 Å². The van der Waals surface area contributed by atoms with Gasteiger partial charge in [0, 0.05) is 5.69 Å². The molecule has 0 bridgehead atoms. The largest absolute Gasteiger partial charge is 0.497 e. The molecule has 0 unspecified atom stereocenters. The Morgan fingerprint density at radius 1 is 1.21 bits per heavy atom. The molecular formula is C18H19N3O2S. The van der Waals surface area contributed by atoms with Gasteiger partial charge in [0.25, 0.3) is 0 Å². The van der Waals surface area contributed by atoms with Gasteiger partial charge in [0.2, 0.25) is 0 Å². The van der Waals surface area contributed by atoms with Gasteiger partial charge in [-0.2, -0.15) is 5.10 Å². The minimum Gasteiger partial charge on any atom is -0.497 e. The first kappa shape index (κ1) is 17.5. The summed E-state index contributed by atoms with van der Waals surface area (Å²) in [6.45, 7) is 4.09. The van der Waals surface area contributed by atoms with Gasteiger partial charge in [-0.1, -0.05) is 24.8 Å². The molecule has 2 N–H and O–H groups in total. The molecule has 0 aliphatic heterocycles. The summed E-state index contributed by atoms with van der Waals surface area (Å²) in [4.78, 5) is 0. The van der Waals surface area contributed by atoms with Crippen LogP contribution in [0.1, 0.15) is 5.56 Å². The van der Waals surface area contributed by atoms with E-state index in [0.29, 0.717) is 11.7 Å². The van der Waals surface area contributed by atoms with E-state index in [-0.39, 0.29) is 0 Å². The average Bonchev–Trinajstić information content (AvgIpc) is 2.61. The summed E-state index contributed by atoms with van der Waals surface area (Å²) in [5, 5.41) is 7.55. The van der Waals surface area contributed by atoms with Crippen molar-refractivity contribution in [3.63, 3.8) is 0 Å². The molecule has 0 atom stereocenters. The van der Waals surface area contributed by atoms with Crippen molar-refractivity contribution in [2.24, 2.45) is 5.10 Å². The highest BCUT2D eigenvalue weighted by molar-refractivity contribution is 7.80. The number of ether oxygens (including phenoxy) is 2. The van der Waals surface area contributed by atoms with Crippen LogP contribution in [-0.2, 0) is 0 Å². The minimum atomic E-state index is 0.399. The molecule has 0 radical (unpaired) electrons. The monoisotopic (exact) mass is 341 g/mol. The van der Waals surface area contributed by atoms with Gasteiger partial charge in [-0.15, -0.1) is 0 Å². The fraction of sp³-hybridized carbons (Fsp3) is 0.111. The Morgan fingerprint density at radius 2 is 2.00 bits per heavy atom. The lowest BCUT2D eigenvalue weighted by Gasteiger charge is -2.07. The average molecular weight is 341 g/mol. The van der Waals surface area contributed by atoms with Gasteiger partial charge in [0.1, 0.15) is 18.1 Å². The third-order valence-electron chi connectivity index (χ3n) is 2.95. The van der Waals surface area contributed by atoms with Gasteiger partial charge in [0.05, 0.1) is 13.3 Å². The number of benzene rings is 2. The smallest absolute Gasteiger partial charge is 0.191 e. The molecule has 24 heavy (non-hydrogen) atoms. The summed E-state index contributed by atoms with van der Waals surface area (Å²) in [6.07, 6.45) is 3.37. The van der Waals surface area contributed by atoms with E-state index in [2.05, 4.69) is 22.4 Å². The van der Waals surface area contributed by atoms with Crippen LogP contribution in [0.25, 0.3) is 0 Å². The van der Waals surface area contributed by atoms with Crippen LogP contribution < -0.4 is 20.2 Å². The lowest BCUT2D eigenvalue weighted by Crippen LogP contribution is -2.23. The van der Waals surface area contributed by atoms with Gasteiger partial charge >= 0.3 is 0 Å². The lowest BCUT2D eigenvalue weighted by molar-refractivity contribution is 0.363. The van der Waals surface area contributed by atoms with Crippen LogP contribution in [0.4, 0.5) is 5.69 Å². The number of thiocarbonyl (C=S) groups is 1. The number of hydrazone groups is 1. The van der Waals surface area contributed by atoms with Gasteiger partial charge in [-0.3, -0.25) is 5.43 Å². The Balaban J connectivity index is 1.86. The highest BCUT2D eigenvalue weighted by atomic mass is 32.1. The minimum absolute atomic E-state index is 0.399. The van der Waals surface area contributed by atoms with E-state index < -0.39 is 0 Å². The first-order chi connectivity index (χ1) is 11.7. The highest BCUT2D eigenvalue weighted by Gasteiger charge is 1.97. The summed E-state index contributed by atoms with van der Waals surface area (Å²) in [5.41, 5.74) is 4.52. The molecular weight excluding hydrogens is 322 g/mol. The number of nitrogens with one attached hydrogen (secondary N) is 2. The standard InChI is InChI=1S/C18H19N3O2S/c1-3-11-23-17-6-4-5-14(12-17)13-19-21-18(24)20-15-7-9-16(22-2)10-8-15/h3-10,12-13H,1,11H2,2H3,(H2,20,21,24)/b19-13-. The van der Waals surface area contributed by atoms with Crippen molar-refractivity contribution >= 4 is 29.2 Å². The molecule has 0 amide bonds. The van der Waals surface area contributed by atoms with Gasteiger partial charge in [0.15, 0.2) is 5.11 Å². The molecule has 0 spiro atoms. The summed E-state index contributed by atoms with van der Waals surface area (Å²) in [6, 6.07) is 15.0. The van der Waals surface area contributed by atoms with E-state index in [1.165, 1.54) is 0 Å². The summed E-state index contributed by atoms with van der Waals surface area (Å²) in [7, 11) is 1.63. The summed E-state index contributed by atoms with van der Waals surface area (Å²) in [5.74, 6) is 1.55. The number of hydrogen-bond acceptors (Lipinski definition) is 4. The third kappa shape index (κ3) is 5.73. The maximum absolute atomic E-state index is 5.47. The number of hydrogen-bond donors (Lipinski definition) is 2. The second-order valence-electron chi connectivity index (χ2n) is 4.72. The fourth-order valence-corrected chi connectivity index (χ4v) is 2.01. The third-order valence-corrected chi connectivity index (χ3v) is 3.15. The maximum atomic E-state index is 5.47. The zero-order valence-electron chi connectivity index (χ0n) is 13.4. The van der Waals surface area contributed by atoms with E-state index in [9.17, 15) is 0 Å². The van der Waals surface area contributed by atoms with Crippen LogP contribution in [0.5, 0.6) is 11.5 Å². The normalized spacial score (nSPS) is 10.2. The summed E-state index contributed by atoms with van der Waals surface area (Å²) >= 11 is 5.19. The highest BCUT2D eigenvalue weighted by Crippen LogP contribution is 2.15. The number of methoxy groups -OCH3 is 1. The van der Waals surface area contributed by atoms with Crippen LogP contribution in [0.3, 0.4) is 0 Å². The second-order valence-corrected chi connectivity index (χ2v) is 5.13. The predicted molar refractivity (Wildman–Crippen MR) is 102 cm³/mol. The molecule has 2 aromatic rings. The van der Waals surface area contributed by atoms with Crippen LogP contribution in [0.15, 0.2) is 66.3 Å². The van der Waals surface area contributed by atoms with Crippen molar-refractivity contribution in [2.75, 3.05) is 19.0 Å². The topological polar surface area (TPSA) is 54.9 Å². The molecule has 0 aliphatic carbocycles. The van der Waals surface area contributed by atoms with Crippen molar-refractivity contribution in [3.05, 3.63) is 66.7 Å². The van der Waals surface area contributed by atoms with E-state index in [4.69, 9.17) is 21.7 Å². The molecule has 6 heteroatoms.